The molecule has 0 aliphatic heterocycles. The fourth-order valence-electron chi connectivity index (χ4n) is 2.59. The van der Waals surface area contributed by atoms with Gasteiger partial charge in [0.05, 0.1) is 31.4 Å². The van der Waals surface area contributed by atoms with Gasteiger partial charge in [-0.3, -0.25) is 4.79 Å². The third-order valence-corrected chi connectivity index (χ3v) is 4.36. The molecule has 8 heteroatoms. The second-order valence-electron chi connectivity index (χ2n) is 6.05. The van der Waals surface area contributed by atoms with Crippen LogP contribution in [0.25, 0.3) is 0 Å². The van der Waals surface area contributed by atoms with Crippen LogP contribution in [0.2, 0.25) is 5.02 Å². The van der Waals surface area contributed by atoms with Crippen molar-refractivity contribution in [1.29, 1.82) is 0 Å². The van der Waals surface area contributed by atoms with Crippen LogP contribution in [0.1, 0.15) is 22.8 Å². The molecule has 2 rings (SSSR count). The third kappa shape index (κ3) is 6.87. The Morgan fingerprint density at radius 3 is 2.41 bits per heavy atom. The summed E-state index contributed by atoms with van der Waals surface area (Å²) >= 11 is 6.04. The number of hydrogen-bond acceptors (Lipinski definition) is 4. The van der Waals surface area contributed by atoms with E-state index in [0.29, 0.717) is 47.7 Å². The number of guanidine groups is 1. The molecule has 1 amide bonds. The maximum Gasteiger partial charge on any atom is 0.252 e. The van der Waals surface area contributed by atoms with Gasteiger partial charge in [0.15, 0.2) is 17.5 Å². The molecule has 156 valence electrons. The lowest BCUT2D eigenvalue weighted by molar-refractivity contribution is 0.0954. The summed E-state index contributed by atoms with van der Waals surface area (Å²) in [6.07, 6.45) is 0. The van der Waals surface area contributed by atoms with Crippen LogP contribution in [0.5, 0.6) is 11.5 Å². The molecule has 0 heterocycles. The number of hydrogen-bond donors (Lipinski definition) is 3. The van der Waals surface area contributed by atoms with Crippen molar-refractivity contribution >= 4 is 23.5 Å². The van der Waals surface area contributed by atoms with Gasteiger partial charge >= 0.3 is 0 Å². The Hall–Kier alpha value is -2.93. The van der Waals surface area contributed by atoms with Gasteiger partial charge in [0.1, 0.15) is 0 Å². The van der Waals surface area contributed by atoms with Gasteiger partial charge < -0.3 is 25.4 Å². The predicted molar refractivity (Wildman–Crippen MR) is 116 cm³/mol. The minimum atomic E-state index is -0.204. The first-order chi connectivity index (χ1) is 14.1. The molecule has 0 saturated heterocycles. The van der Waals surface area contributed by atoms with Crippen molar-refractivity contribution in [3.8, 4) is 11.5 Å². The van der Waals surface area contributed by atoms with E-state index in [2.05, 4.69) is 20.9 Å². The molecule has 0 unspecified atom stereocenters. The number of ether oxygens (including phenoxy) is 2. The summed E-state index contributed by atoms with van der Waals surface area (Å²) in [5.41, 5.74) is 1.45. The van der Waals surface area contributed by atoms with E-state index in [4.69, 9.17) is 21.1 Å². The second kappa shape index (κ2) is 11.8. The van der Waals surface area contributed by atoms with Gasteiger partial charge in [-0.25, -0.2) is 4.99 Å². The lowest BCUT2D eigenvalue weighted by Crippen LogP contribution is -2.41. The number of carbonyl (C=O) groups is 1. The Balaban J connectivity index is 1.88. The summed E-state index contributed by atoms with van der Waals surface area (Å²) in [5, 5.41) is 9.65. The molecule has 0 aliphatic carbocycles. The van der Waals surface area contributed by atoms with Crippen LogP contribution in [0, 0.1) is 0 Å². The molecule has 7 nitrogen and oxygen atoms in total. The van der Waals surface area contributed by atoms with Crippen molar-refractivity contribution in [2.45, 2.75) is 13.5 Å². The smallest absolute Gasteiger partial charge is 0.252 e. The Labute approximate surface area is 176 Å². The standard InChI is InChI=1S/C21H27ClN4O3/c1-4-23-21(26-14-15-9-10-18(28-2)19(13-15)29-3)25-12-11-24-20(27)16-7-5-6-8-17(16)22/h5-10,13H,4,11-12,14H2,1-3H3,(H,24,27)(H2,23,25,26). The van der Waals surface area contributed by atoms with Crippen LogP contribution < -0.4 is 25.4 Å². The quantitative estimate of drug-likeness (QED) is 0.331. The van der Waals surface area contributed by atoms with Gasteiger partial charge in [-0.05, 0) is 36.8 Å². The van der Waals surface area contributed by atoms with E-state index in [1.807, 2.05) is 25.1 Å². The van der Waals surface area contributed by atoms with E-state index >= 15 is 0 Å². The highest BCUT2D eigenvalue weighted by Crippen LogP contribution is 2.27. The molecule has 0 atom stereocenters. The minimum absolute atomic E-state index is 0.204. The topological polar surface area (TPSA) is 84.0 Å². The zero-order chi connectivity index (χ0) is 21.1. The van der Waals surface area contributed by atoms with Crippen molar-refractivity contribution in [2.75, 3.05) is 33.9 Å². The number of aliphatic imine (C=N–C) groups is 1. The largest absolute Gasteiger partial charge is 0.493 e. The number of methoxy groups -OCH3 is 2. The zero-order valence-electron chi connectivity index (χ0n) is 16.9. The number of benzene rings is 2. The average Bonchev–Trinajstić information content (AvgIpc) is 2.74. The summed E-state index contributed by atoms with van der Waals surface area (Å²) in [4.78, 5) is 16.7. The highest BCUT2D eigenvalue weighted by Gasteiger charge is 2.08. The number of amides is 1. The molecule has 2 aromatic rings. The van der Waals surface area contributed by atoms with E-state index in [0.717, 1.165) is 12.1 Å². The van der Waals surface area contributed by atoms with Gasteiger partial charge in [0, 0.05) is 19.6 Å². The number of nitrogens with one attached hydrogen (secondary N) is 3. The van der Waals surface area contributed by atoms with E-state index in [1.54, 1.807) is 38.5 Å². The van der Waals surface area contributed by atoms with Gasteiger partial charge in [-0.2, -0.15) is 0 Å². The van der Waals surface area contributed by atoms with Crippen LogP contribution in [0.3, 0.4) is 0 Å². The fraction of sp³-hybridized carbons (Fsp3) is 0.333. The molecule has 0 aromatic heterocycles. The molecule has 0 aliphatic rings. The number of nitrogens with zero attached hydrogens (tertiary/aromatic N) is 1. The summed E-state index contributed by atoms with van der Waals surface area (Å²) in [6, 6.07) is 12.7. The molecular weight excluding hydrogens is 392 g/mol. The van der Waals surface area contributed by atoms with Gasteiger partial charge in [-0.1, -0.05) is 29.8 Å². The van der Waals surface area contributed by atoms with E-state index in [-0.39, 0.29) is 5.91 Å². The van der Waals surface area contributed by atoms with Crippen molar-refractivity contribution < 1.29 is 14.3 Å². The van der Waals surface area contributed by atoms with E-state index in [1.165, 1.54) is 0 Å². The Morgan fingerprint density at radius 2 is 1.72 bits per heavy atom. The molecule has 0 bridgehead atoms. The average molecular weight is 419 g/mol. The van der Waals surface area contributed by atoms with Crippen LogP contribution in [-0.4, -0.2) is 45.7 Å². The second-order valence-corrected chi connectivity index (χ2v) is 6.45. The summed E-state index contributed by atoms with van der Waals surface area (Å²) < 4.78 is 10.6. The van der Waals surface area contributed by atoms with Gasteiger partial charge in [0.2, 0.25) is 0 Å². The van der Waals surface area contributed by atoms with E-state index in [9.17, 15) is 4.79 Å². The number of carbonyl (C=O) groups excluding carboxylic acids is 1. The first kappa shape index (κ1) is 22.4. The number of halogens is 1. The lowest BCUT2D eigenvalue weighted by Gasteiger charge is -2.13. The van der Waals surface area contributed by atoms with Crippen molar-refractivity contribution in [3.63, 3.8) is 0 Å². The first-order valence-corrected chi connectivity index (χ1v) is 9.72. The lowest BCUT2D eigenvalue weighted by atomic mass is 10.2. The molecule has 0 saturated carbocycles. The molecule has 0 radical (unpaired) electrons. The van der Waals surface area contributed by atoms with Gasteiger partial charge in [-0.15, -0.1) is 0 Å². The van der Waals surface area contributed by atoms with Crippen LogP contribution in [0.4, 0.5) is 0 Å². The highest BCUT2D eigenvalue weighted by atomic mass is 35.5. The molecule has 2 aromatic carbocycles. The van der Waals surface area contributed by atoms with Crippen LogP contribution >= 0.6 is 11.6 Å². The maximum absolute atomic E-state index is 12.2. The first-order valence-electron chi connectivity index (χ1n) is 9.34. The highest BCUT2D eigenvalue weighted by molar-refractivity contribution is 6.33. The monoisotopic (exact) mass is 418 g/mol. The maximum atomic E-state index is 12.2. The molecule has 0 spiro atoms. The summed E-state index contributed by atoms with van der Waals surface area (Å²) in [6.45, 7) is 4.15. The molecule has 29 heavy (non-hydrogen) atoms. The Bertz CT molecular complexity index is 842. The normalized spacial score (nSPS) is 11.0. The van der Waals surface area contributed by atoms with Crippen molar-refractivity contribution in [1.82, 2.24) is 16.0 Å². The third-order valence-electron chi connectivity index (χ3n) is 4.03. The van der Waals surface area contributed by atoms with Crippen LogP contribution in [-0.2, 0) is 6.54 Å². The fourth-order valence-corrected chi connectivity index (χ4v) is 2.81. The summed E-state index contributed by atoms with van der Waals surface area (Å²) in [5.74, 6) is 1.80. The van der Waals surface area contributed by atoms with Gasteiger partial charge in [0.25, 0.3) is 5.91 Å². The van der Waals surface area contributed by atoms with Crippen molar-refractivity contribution in [3.05, 3.63) is 58.6 Å². The Kier molecular flexibility index (Phi) is 9.11. The van der Waals surface area contributed by atoms with E-state index < -0.39 is 0 Å². The minimum Gasteiger partial charge on any atom is -0.493 e. The SMILES string of the molecule is CCNC(=NCc1ccc(OC)c(OC)c1)NCCNC(=O)c1ccccc1Cl. The molecular formula is C21H27ClN4O3. The Morgan fingerprint density at radius 1 is 1.00 bits per heavy atom. The zero-order valence-corrected chi connectivity index (χ0v) is 17.7. The molecule has 3 N–H and O–H groups in total. The van der Waals surface area contributed by atoms with Crippen LogP contribution in [0.15, 0.2) is 47.5 Å². The summed E-state index contributed by atoms with van der Waals surface area (Å²) in [7, 11) is 3.21. The molecule has 0 fully saturated rings. The predicted octanol–water partition coefficient (Wildman–Crippen LogP) is 2.84. The number of rotatable bonds is 9. The van der Waals surface area contributed by atoms with Crippen molar-refractivity contribution in [2.24, 2.45) is 4.99 Å².